The van der Waals surface area contributed by atoms with Gasteiger partial charge in [0.1, 0.15) is 11.5 Å². The predicted molar refractivity (Wildman–Crippen MR) is 219 cm³/mol. The Balaban J connectivity index is 1.08. The van der Waals surface area contributed by atoms with Gasteiger partial charge >= 0.3 is 0 Å². The summed E-state index contributed by atoms with van der Waals surface area (Å²) in [4.78, 5) is 0. The molecule has 0 N–H and O–H groups in total. The molecule has 10 aromatic rings. The molecule has 1 aromatic heterocycles. The zero-order chi connectivity index (χ0) is 34.7. The first-order chi connectivity index (χ1) is 26.3. The van der Waals surface area contributed by atoms with Crippen LogP contribution in [-0.2, 0) is 5.41 Å². The molecule has 0 unspecified atom stereocenters. The van der Waals surface area contributed by atoms with E-state index in [9.17, 15) is 0 Å². The summed E-state index contributed by atoms with van der Waals surface area (Å²) in [6, 6.07) is 68.9. The molecule has 0 radical (unpaired) electrons. The van der Waals surface area contributed by atoms with Crippen LogP contribution in [0.15, 0.2) is 188 Å². The van der Waals surface area contributed by atoms with Crippen LogP contribution < -0.4 is 4.74 Å². The van der Waals surface area contributed by atoms with E-state index >= 15 is 0 Å². The van der Waals surface area contributed by atoms with Gasteiger partial charge in [-0.2, -0.15) is 0 Å². The predicted octanol–water partition coefficient (Wildman–Crippen LogP) is 13.2. The number of aromatic nitrogens is 1. The Kier molecular flexibility index (Phi) is 5.73. The summed E-state index contributed by atoms with van der Waals surface area (Å²) in [5.41, 5.74) is 13.0. The van der Waals surface area contributed by atoms with Crippen molar-refractivity contribution in [3.63, 3.8) is 0 Å². The Morgan fingerprint density at radius 2 is 0.849 bits per heavy atom. The number of ether oxygens (including phenoxy) is 1. The molecule has 2 heterocycles. The molecule has 1 spiro atoms. The standard InChI is InChI=1S/C51H31NO/c1-3-13-37-33(11-1)23-29-45-49(37)53-50-38-14-4-2-12-34(38)24-30-46(50)51(45)43-18-8-5-15-39(43)42-31-35(25-28-44(42)51)32-21-26-36(27-22-32)52-47-19-9-6-16-40(47)41-17-7-10-20-48(41)52/h1-31H. The topological polar surface area (TPSA) is 14.2 Å². The quantitative estimate of drug-likeness (QED) is 0.178. The molecule has 1 aliphatic heterocycles. The number of hydrogen-bond donors (Lipinski definition) is 0. The van der Waals surface area contributed by atoms with Crippen molar-refractivity contribution in [1.82, 2.24) is 4.57 Å². The lowest BCUT2D eigenvalue weighted by molar-refractivity contribution is 0.447. The van der Waals surface area contributed by atoms with E-state index in [0.29, 0.717) is 0 Å². The second kappa shape index (κ2) is 10.6. The molecule has 12 rings (SSSR count). The summed E-state index contributed by atoms with van der Waals surface area (Å²) in [6.45, 7) is 0. The van der Waals surface area contributed by atoms with Gasteiger partial charge in [0.25, 0.3) is 0 Å². The van der Waals surface area contributed by atoms with Gasteiger partial charge in [0.2, 0.25) is 0 Å². The lowest BCUT2D eigenvalue weighted by atomic mass is 9.65. The molecule has 0 fully saturated rings. The minimum atomic E-state index is -0.540. The van der Waals surface area contributed by atoms with Crippen LogP contribution in [0.25, 0.3) is 71.3 Å². The number of nitrogens with zero attached hydrogens (tertiary/aromatic N) is 1. The van der Waals surface area contributed by atoms with E-state index in [1.807, 2.05) is 0 Å². The first-order valence-electron chi connectivity index (χ1n) is 18.3. The molecule has 53 heavy (non-hydrogen) atoms. The fourth-order valence-corrected chi connectivity index (χ4v) is 9.59. The van der Waals surface area contributed by atoms with Crippen LogP contribution in [-0.4, -0.2) is 4.57 Å². The molecule has 0 atom stereocenters. The highest BCUT2D eigenvalue weighted by Gasteiger charge is 2.51. The molecular formula is C51H31NO. The molecule has 1 aliphatic carbocycles. The highest BCUT2D eigenvalue weighted by molar-refractivity contribution is 6.09. The Labute approximate surface area is 306 Å². The van der Waals surface area contributed by atoms with Crippen molar-refractivity contribution in [2.24, 2.45) is 0 Å². The van der Waals surface area contributed by atoms with Crippen molar-refractivity contribution in [1.29, 1.82) is 0 Å². The fourth-order valence-electron chi connectivity index (χ4n) is 9.59. The van der Waals surface area contributed by atoms with Crippen molar-refractivity contribution >= 4 is 43.4 Å². The second-order valence-electron chi connectivity index (χ2n) is 14.4. The Morgan fingerprint density at radius 1 is 0.358 bits per heavy atom. The van der Waals surface area contributed by atoms with E-state index in [2.05, 4.69) is 193 Å². The third-order valence-electron chi connectivity index (χ3n) is 11.9. The van der Waals surface area contributed by atoms with Gasteiger partial charge < -0.3 is 9.30 Å². The molecule has 2 aliphatic rings. The highest BCUT2D eigenvalue weighted by Crippen LogP contribution is 2.64. The minimum Gasteiger partial charge on any atom is -0.455 e. The Hall–Kier alpha value is -6.90. The van der Waals surface area contributed by atoms with Crippen molar-refractivity contribution < 1.29 is 4.74 Å². The van der Waals surface area contributed by atoms with Crippen molar-refractivity contribution in [3.8, 4) is 39.4 Å². The first-order valence-corrected chi connectivity index (χ1v) is 18.3. The molecule has 0 amide bonds. The number of fused-ring (bicyclic) bond motifs is 16. The second-order valence-corrected chi connectivity index (χ2v) is 14.4. The van der Waals surface area contributed by atoms with E-state index < -0.39 is 5.41 Å². The van der Waals surface area contributed by atoms with Gasteiger partial charge in [-0.1, -0.05) is 158 Å². The van der Waals surface area contributed by atoms with E-state index in [0.717, 1.165) is 28.0 Å². The van der Waals surface area contributed by atoms with Gasteiger partial charge in [-0.3, -0.25) is 0 Å². The van der Waals surface area contributed by atoms with Crippen LogP contribution in [0.2, 0.25) is 0 Å². The maximum atomic E-state index is 7.11. The summed E-state index contributed by atoms with van der Waals surface area (Å²) in [6.07, 6.45) is 0. The van der Waals surface area contributed by atoms with Gasteiger partial charge in [-0.25, -0.2) is 0 Å². The van der Waals surface area contributed by atoms with Gasteiger partial charge in [0.05, 0.1) is 16.4 Å². The third-order valence-corrected chi connectivity index (χ3v) is 11.9. The van der Waals surface area contributed by atoms with Crippen molar-refractivity contribution in [3.05, 3.63) is 210 Å². The number of hydrogen-bond acceptors (Lipinski definition) is 1. The monoisotopic (exact) mass is 673 g/mol. The lowest BCUT2D eigenvalue weighted by Gasteiger charge is -2.40. The molecule has 9 aromatic carbocycles. The summed E-state index contributed by atoms with van der Waals surface area (Å²) in [5.74, 6) is 1.89. The van der Waals surface area contributed by atoms with Gasteiger partial charge in [0, 0.05) is 38.4 Å². The summed E-state index contributed by atoms with van der Waals surface area (Å²) >= 11 is 0. The van der Waals surface area contributed by atoms with Crippen LogP contribution in [0.5, 0.6) is 11.5 Å². The highest BCUT2D eigenvalue weighted by atomic mass is 16.5. The van der Waals surface area contributed by atoms with Crippen LogP contribution in [0, 0.1) is 0 Å². The molecule has 0 saturated heterocycles. The number of para-hydroxylation sites is 2. The van der Waals surface area contributed by atoms with E-state index in [1.165, 1.54) is 77.1 Å². The maximum absolute atomic E-state index is 7.11. The van der Waals surface area contributed by atoms with Crippen molar-refractivity contribution in [2.45, 2.75) is 5.41 Å². The normalized spacial score (nSPS) is 13.6. The third kappa shape index (κ3) is 3.77. The molecule has 0 saturated carbocycles. The zero-order valence-electron chi connectivity index (χ0n) is 28.8. The average molecular weight is 674 g/mol. The maximum Gasteiger partial charge on any atom is 0.140 e. The van der Waals surface area contributed by atoms with Crippen LogP contribution in [0.3, 0.4) is 0 Å². The van der Waals surface area contributed by atoms with Gasteiger partial charge in [0.15, 0.2) is 0 Å². The van der Waals surface area contributed by atoms with E-state index in [1.54, 1.807) is 0 Å². The fraction of sp³-hybridized carbons (Fsp3) is 0.0196. The summed E-state index contributed by atoms with van der Waals surface area (Å²) < 4.78 is 9.49. The Bertz CT molecular complexity index is 3010. The summed E-state index contributed by atoms with van der Waals surface area (Å²) in [5, 5.41) is 7.17. The Morgan fingerprint density at radius 3 is 1.49 bits per heavy atom. The van der Waals surface area contributed by atoms with Crippen LogP contribution >= 0.6 is 0 Å². The minimum absolute atomic E-state index is 0.540. The van der Waals surface area contributed by atoms with Gasteiger partial charge in [-0.15, -0.1) is 0 Å². The van der Waals surface area contributed by atoms with Crippen molar-refractivity contribution in [2.75, 3.05) is 0 Å². The first kappa shape index (κ1) is 28.8. The molecule has 246 valence electrons. The van der Waals surface area contributed by atoms with E-state index in [-0.39, 0.29) is 0 Å². The zero-order valence-corrected chi connectivity index (χ0v) is 28.8. The molecular weight excluding hydrogens is 643 g/mol. The molecule has 2 heteroatoms. The van der Waals surface area contributed by atoms with Crippen LogP contribution in [0.4, 0.5) is 0 Å². The average Bonchev–Trinajstić information content (AvgIpc) is 3.71. The van der Waals surface area contributed by atoms with Crippen LogP contribution in [0.1, 0.15) is 22.3 Å². The number of rotatable bonds is 2. The molecule has 2 nitrogen and oxygen atoms in total. The number of benzene rings is 9. The van der Waals surface area contributed by atoms with Gasteiger partial charge in [-0.05, 0) is 74.5 Å². The smallest absolute Gasteiger partial charge is 0.140 e. The lowest BCUT2D eigenvalue weighted by Crippen LogP contribution is -2.32. The molecule has 0 bridgehead atoms. The SMILES string of the molecule is c1ccc2c(c1)-c1cc(-c3ccc(-n4c5ccccc5c5ccccc54)cc3)ccc1C21c2ccc3ccccc3c2Oc2c1ccc1ccccc21. The summed E-state index contributed by atoms with van der Waals surface area (Å²) in [7, 11) is 0. The largest absolute Gasteiger partial charge is 0.455 e. The van der Waals surface area contributed by atoms with E-state index in [4.69, 9.17) is 4.74 Å².